The average Bonchev–Trinajstić information content (AvgIpc) is 3.08. The smallest absolute Gasteiger partial charge is 0.326 e. The van der Waals surface area contributed by atoms with E-state index in [1.54, 1.807) is 6.20 Å². The van der Waals surface area contributed by atoms with Crippen LogP contribution in [0.2, 0.25) is 0 Å². The Bertz CT molecular complexity index is 1000. The summed E-state index contributed by atoms with van der Waals surface area (Å²) in [6.45, 7) is 6.12. The maximum atomic E-state index is 12.2. The van der Waals surface area contributed by atoms with Crippen molar-refractivity contribution >= 4 is 22.8 Å². The number of benzene rings is 2. The van der Waals surface area contributed by atoms with Crippen LogP contribution in [0.5, 0.6) is 5.75 Å². The number of nitrogens with one attached hydrogen (secondary N) is 2. The van der Waals surface area contributed by atoms with Crippen molar-refractivity contribution < 1.29 is 19.4 Å². The molecule has 1 amide bonds. The number of carboxylic acid groups (broad SMARTS) is 1. The van der Waals surface area contributed by atoms with Crippen molar-refractivity contribution in [3.8, 4) is 5.75 Å². The summed E-state index contributed by atoms with van der Waals surface area (Å²) in [5.41, 5.74) is 2.97. The second-order valence-corrected chi connectivity index (χ2v) is 8.09. The first-order valence-electron chi connectivity index (χ1n) is 9.54. The summed E-state index contributed by atoms with van der Waals surface area (Å²) in [6.07, 6.45) is 1.96. The zero-order valence-corrected chi connectivity index (χ0v) is 16.9. The lowest BCUT2D eigenvalue weighted by Gasteiger charge is -2.19. The molecule has 0 radical (unpaired) electrons. The van der Waals surface area contributed by atoms with Crippen LogP contribution in [0.25, 0.3) is 10.9 Å². The van der Waals surface area contributed by atoms with Crippen LogP contribution in [-0.2, 0) is 21.4 Å². The van der Waals surface area contributed by atoms with Crippen LogP contribution in [0.3, 0.4) is 0 Å². The SMILES string of the molecule is CC(C)(C)c1ccc(OCC(=O)NC(Cc2c[nH]c3ccccc23)C(=O)O)cc1. The number of fused-ring (bicyclic) bond motifs is 1. The first kappa shape index (κ1) is 20.5. The number of aliphatic carboxylic acids is 1. The van der Waals surface area contributed by atoms with E-state index in [4.69, 9.17) is 4.74 Å². The Morgan fingerprint density at radius 2 is 1.79 bits per heavy atom. The number of amides is 1. The molecule has 1 aromatic heterocycles. The molecule has 0 spiro atoms. The summed E-state index contributed by atoms with van der Waals surface area (Å²) in [4.78, 5) is 27.0. The number of rotatable bonds is 7. The van der Waals surface area contributed by atoms with E-state index in [0.717, 1.165) is 16.5 Å². The molecule has 29 heavy (non-hydrogen) atoms. The van der Waals surface area contributed by atoms with E-state index < -0.39 is 17.9 Å². The van der Waals surface area contributed by atoms with Gasteiger partial charge < -0.3 is 20.1 Å². The third-order valence-corrected chi connectivity index (χ3v) is 4.82. The molecular formula is C23H26N2O4. The maximum Gasteiger partial charge on any atom is 0.326 e. The fraction of sp³-hybridized carbons (Fsp3) is 0.304. The zero-order chi connectivity index (χ0) is 21.0. The van der Waals surface area contributed by atoms with E-state index in [2.05, 4.69) is 31.1 Å². The zero-order valence-electron chi connectivity index (χ0n) is 16.9. The highest BCUT2D eigenvalue weighted by atomic mass is 16.5. The van der Waals surface area contributed by atoms with Crippen LogP contribution >= 0.6 is 0 Å². The van der Waals surface area contributed by atoms with Crippen LogP contribution in [-0.4, -0.2) is 34.6 Å². The first-order valence-corrected chi connectivity index (χ1v) is 9.54. The van der Waals surface area contributed by atoms with E-state index >= 15 is 0 Å². The Balaban J connectivity index is 1.59. The Hall–Kier alpha value is -3.28. The fourth-order valence-electron chi connectivity index (χ4n) is 3.16. The molecule has 3 N–H and O–H groups in total. The topological polar surface area (TPSA) is 91.4 Å². The van der Waals surface area contributed by atoms with Crippen LogP contribution in [0.1, 0.15) is 31.9 Å². The molecule has 6 nitrogen and oxygen atoms in total. The van der Waals surface area contributed by atoms with Gasteiger partial charge in [0.2, 0.25) is 0 Å². The van der Waals surface area contributed by atoms with Gasteiger partial charge in [-0.2, -0.15) is 0 Å². The second-order valence-electron chi connectivity index (χ2n) is 8.09. The molecule has 0 aliphatic carbocycles. The lowest BCUT2D eigenvalue weighted by molar-refractivity contribution is -0.142. The molecule has 6 heteroatoms. The maximum absolute atomic E-state index is 12.2. The van der Waals surface area contributed by atoms with Gasteiger partial charge in [0.15, 0.2) is 6.61 Å². The summed E-state index contributed by atoms with van der Waals surface area (Å²) in [6, 6.07) is 14.2. The lowest BCUT2D eigenvalue weighted by Crippen LogP contribution is -2.44. The van der Waals surface area contributed by atoms with E-state index in [0.29, 0.717) is 5.75 Å². The number of H-pyrrole nitrogens is 1. The van der Waals surface area contributed by atoms with E-state index in [9.17, 15) is 14.7 Å². The summed E-state index contributed by atoms with van der Waals surface area (Å²) >= 11 is 0. The minimum atomic E-state index is -1.09. The van der Waals surface area contributed by atoms with Crippen molar-refractivity contribution in [1.82, 2.24) is 10.3 Å². The Morgan fingerprint density at radius 3 is 2.45 bits per heavy atom. The monoisotopic (exact) mass is 394 g/mol. The average molecular weight is 394 g/mol. The van der Waals surface area contributed by atoms with Crippen molar-refractivity contribution in [3.05, 3.63) is 65.9 Å². The van der Waals surface area contributed by atoms with Gasteiger partial charge in [-0.3, -0.25) is 4.79 Å². The number of para-hydroxylation sites is 1. The first-order chi connectivity index (χ1) is 13.7. The van der Waals surface area contributed by atoms with Gasteiger partial charge in [-0.05, 0) is 34.7 Å². The third-order valence-electron chi connectivity index (χ3n) is 4.82. The number of carbonyl (C=O) groups is 2. The molecular weight excluding hydrogens is 368 g/mol. The molecule has 1 atom stereocenters. The van der Waals surface area contributed by atoms with E-state index in [1.165, 1.54) is 5.56 Å². The van der Waals surface area contributed by atoms with Gasteiger partial charge in [0, 0.05) is 23.5 Å². The molecule has 3 rings (SSSR count). The van der Waals surface area contributed by atoms with Gasteiger partial charge >= 0.3 is 5.97 Å². The summed E-state index contributed by atoms with van der Waals surface area (Å²) in [5.74, 6) is -0.994. The van der Waals surface area contributed by atoms with Gasteiger partial charge in [0.05, 0.1) is 0 Å². The van der Waals surface area contributed by atoms with Crippen molar-refractivity contribution in [2.45, 2.75) is 38.6 Å². The normalized spacial score (nSPS) is 12.5. The number of ether oxygens (including phenoxy) is 1. The van der Waals surface area contributed by atoms with Crippen molar-refractivity contribution in [2.75, 3.05) is 6.61 Å². The number of aromatic nitrogens is 1. The summed E-state index contributed by atoms with van der Waals surface area (Å²) in [5, 5.41) is 13.0. The van der Waals surface area contributed by atoms with Crippen LogP contribution in [0, 0.1) is 0 Å². The molecule has 0 aliphatic heterocycles. The van der Waals surface area contributed by atoms with Gasteiger partial charge in [-0.25, -0.2) is 4.79 Å². The highest BCUT2D eigenvalue weighted by Gasteiger charge is 2.22. The van der Waals surface area contributed by atoms with E-state index in [1.807, 2.05) is 48.5 Å². The second kappa shape index (κ2) is 8.39. The lowest BCUT2D eigenvalue weighted by atomic mass is 9.87. The molecule has 1 heterocycles. The summed E-state index contributed by atoms with van der Waals surface area (Å²) < 4.78 is 5.51. The number of carboxylic acids is 1. The van der Waals surface area contributed by atoms with Crippen molar-refractivity contribution in [3.63, 3.8) is 0 Å². The molecule has 2 aromatic carbocycles. The largest absolute Gasteiger partial charge is 0.484 e. The molecule has 0 aliphatic rings. The Kier molecular flexibility index (Phi) is 5.92. The molecule has 1 unspecified atom stereocenters. The minimum Gasteiger partial charge on any atom is -0.484 e. The predicted octanol–water partition coefficient (Wildman–Crippen LogP) is 3.66. The standard InChI is InChI=1S/C23H26N2O4/c1-23(2,3)16-8-10-17(11-9-16)29-14-21(26)25-20(22(27)28)12-15-13-24-19-7-5-4-6-18(15)19/h4-11,13,20,24H,12,14H2,1-3H3,(H,25,26)(H,27,28). The van der Waals surface area contributed by atoms with Crippen LogP contribution in [0.4, 0.5) is 0 Å². The number of hydrogen-bond donors (Lipinski definition) is 3. The summed E-state index contributed by atoms with van der Waals surface area (Å²) in [7, 11) is 0. The predicted molar refractivity (Wildman–Crippen MR) is 112 cm³/mol. The van der Waals surface area contributed by atoms with Gasteiger partial charge in [0.1, 0.15) is 11.8 Å². The minimum absolute atomic E-state index is 0.0347. The molecule has 0 fully saturated rings. The van der Waals surface area contributed by atoms with Crippen LogP contribution in [0.15, 0.2) is 54.7 Å². The molecule has 3 aromatic rings. The molecule has 152 valence electrons. The number of hydrogen-bond acceptors (Lipinski definition) is 3. The van der Waals surface area contributed by atoms with Crippen molar-refractivity contribution in [2.24, 2.45) is 0 Å². The van der Waals surface area contributed by atoms with Gasteiger partial charge in [0.25, 0.3) is 5.91 Å². The van der Waals surface area contributed by atoms with Crippen LogP contribution < -0.4 is 10.1 Å². The third kappa shape index (κ3) is 5.16. The molecule has 0 bridgehead atoms. The van der Waals surface area contributed by atoms with Gasteiger partial charge in [-0.15, -0.1) is 0 Å². The fourth-order valence-corrected chi connectivity index (χ4v) is 3.16. The number of aromatic amines is 1. The molecule has 0 saturated heterocycles. The van der Waals surface area contributed by atoms with Crippen molar-refractivity contribution in [1.29, 1.82) is 0 Å². The quantitative estimate of drug-likeness (QED) is 0.570. The van der Waals surface area contributed by atoms with Gasteiger partial charge in [-0.1, -0.05) is 51.1 Å². The Labute approximate surface area is 169 Å². The number of carbonyl (C=O) groups excluding carboxylic acids is 1. The Morgan fingerprint density at radius 1 is 1.10 bits per heavy atom. The van der Waals surface area contributed by atoms with E-state index in [-0.39, 0.29) is 18.4 Å². The highest BCUT2D eigenvalue weighted by Crippen LogP contribution is 2.24. The highest BCUT2D eigenvalue weighted by molar-refractivity contribution is 5.87. The molecule has 0 saturated carbocycles.